The van der Waals surface area contributed by atoms with Gasteiger partial charge in [-0.15, -0.1) is 0 Å². The first-order valence-corrected chi connectivity index (χ1v) is 21.6. The van der Waals surface area contributed by atoms with E-state index in [2.05, 4.69) is 38.5 Å². The number of aliphatic carboxylic acids is 1. The van der Waals surface area contributed by atoms with Crippen LogP contribution < -0.4 is 25.4 Å². The fraction of sp³-hybridized carbons (Fsp3) is 0.605. The fourth-order valence-corrected chi connectivity index (χ4v) is 9.06. The Morgan fingerprint density at radius 2 is 1.39 bits per heavy atom. The second-order valence-corrected chi connectivity index (χ2v) is 17.3. The third kappa shape index (κ3) is 13.1. The molecule has 3 fully saturated rings. The van der Waals surface area contributed by atoms with Gasteiger partial charge in [0.2, 0.25) is 11.8 Å². The molecule has 1 aliphatic heterocycles. The number of carboxylic acid groups (broad SMARTS) is 1. The minimum absolute atomic E-state index is 0.0191. The van der Waals surface area contributed by atoms with E-state index in [1.807, 2.05) is 26.0 Å². The highest BCUT2D eigenvalue weighted by molar-refractivity contribution is 14.1. The Morgan fingerprint density at radius 1 is 0.786 bits per heavy atom. The molecule has 2 saturated carbocycles. The number of benzene rings is 2. The van der Waals surface area contributed by atoms with Gasteiger partial charge in [0.25, 0.3) is 5.91 Å². The molecule has 306 valence electrons. The smallest absolute Gasteiger partial charge is 0.415 e. The van der Waals surface area contributed by atoms with Gasteiger partial charge in [-0.2, -0.15) is 0 Å². The van der Waals surface area contributed by atoms with E-state index in [1.54, 1.807) is 41.3 Å². The minimum atomic E-state index is -1.26. The van der Waals surface area contributed by atoms with E-state index in [0.717, 1.165) is 29.3 Å². The first-order chi connectivity index (χ1) is 27.0. The molecule has 0 aromatic heterocycles. The van der Waals surface area contributed by atoms with Gasteiger partial charge in [0.1, 0.15) is 23.6 Å². The summed E-state index contributed by atoms with van der Waals surface area (Å²) in [7, 11) is 0. The molecular weight excluding hydrogens is 827 g/mol. The van der Waals surface area contributed by atoms with E-state index in [1.165, 1.54) is 38.5 Å². The summed E-state index contributed by atoms with van der Waals surface area (Å²) in [6, 6.07) is 11.6. The molecule has 2 aliphatic carbocycles. The average molecular weight is 887 g/mol. The number of hydrogen-bond donors (Lipinski definition) is 4. The predicted octanol–water partition coefficient (Wildman–Crippen LogP) is 6.87. The first kappa shape index (κ1) is 43.2. The molecule has 3 aliphatic rings. The molecule has 12 nitrogen and oxygen atoms in total. The van der Waals surface area contributed by atoms with Crippen LogP contribution in [-0.2, 0) is 25.6 Å². The highest BCUT2D eigenvalue weighted by Gasteiger charge is 2.38. The third-order valence-corrected chi connectivity index (χ3v) is 12.3. The number of nitrogens with one attached hydrogen (secondary N) is 3. The van der Waals surface area contributed by atoms with E-state index < -0.39 is 36.0 Å². The second-order valence-electron chi connectivity index (χ2n) is 16.2. The third-order valence-electron chi connectivity index (χ3n) is 11.5. The molecule has 56 heavy (non-hydrogen) atoms. The predicted molar refractivity (Wildman–Crippen MR) is 221 cm³/mol. The lowest BCUT2D eigenvalue weighted by atomic mass is 9.69. The maximum atomic E-state index is 13.7. The number of piperidine rings is 1. The highest BCUT2D eigenvalue weighted by Crippen LogP contribution is 2.40. The van der Waals surface area contributed by atoms with Crippen molar-refractivity contribution in [1.29, 1.82) is 0 Å². The zero-order chi connectivity index (χ0) is 40.0. The zero-order valence-electron chi connectivity index (χ0n) is 32.8. The highest BCUT2D eigenvalue weighted by atomic mass is 127. The van der Waals surface area contributed by atoms with Crippen LogP contribution in [0.25, 0.3) is 0 Å². The summed E-state index contributed by atoms with van der Waals surface area (Å²) < 4.78 is 12.1. The van der Waals surface area contributed by atoms with Crippen LogP contribution in [0.5, 0.6) is 11.5 Å². The molecule has 2 atom stereocenters. The van der Waals surface area contributed by atoms with Crippen LogP contribution in [0, 0.1) is 27.2 Å². The van der Waals surface area contributed by atoms with Crippen LogP contribution in [0.15, 0.2) is 48.5 Å². The number of carbonyl (C=O) groups excluding carboxylic acids is 4. The SMILES string of the molecule is CC(C)C[C@H](NC(=O)COc1ccccc1I)C(=O)N[C@@H](Cc1ccc(OC(=O)N2CCC(NC(=O)C(C3CCCCC3)C3CCCCC3)CC2)cc1)C(=O)O. The number of halogens is 1. The van der Waals surface area contributed by atoms with Gasteiger partial charge in [-0.3, -0.25) is 14.4 Å². The largest absolute Gasteiger partial charge is 0.483 e. The molecular formula is C43H59IN4O8. The number of nitrogens with zero attached hydrogens (tertiary/aromatic N) is 1. The molecule has 2 aromatic rings. The Bertz CT molecular complexity index is 1600. The van der Waals surface area contributed by atoms with E-state index in [9.17, 15) is 29.1 Å². The van der Waals surface area contributed by atoms with Crippen molar-refractivity contribution in [3.05, 3.63) is 57.7 Å². The lowest BCUT2D eigenvalue weighted by Crippen LogP contribution is -2.53. The number of ether oxygens (including phenoxy) is 2. The normalized spacial score (nSPS) is 18.2. The topological polar surface area (TPSA) is 163 Å². The molecule has 5 rings (SSSR count). The molecule has 13 heteroatoms. The van der Waals surface area contributed by atoms with E-state index >= 15 is 0 Å². The number of carbonyl (C=O) groups is 5. The lowest BCUT2D eigenvalue weighted by Gasteiger charge is -2.38. The van der Waals surface area contributed by atoms with Gasteiger partial charge < -0.3 is 35.4 Å². The van der Waals surface area contributed by atoms with Gasteiger partial charge in [0.05, 0.1) is 3.57 Å². The van der Waals surface area contributed by atoms with Crippen LogP contribution in [0.3, 0.4) is 0 Å². The Balaban J connectivity index is 1.08. The molecule has 0 spiro atoms. The van der Waals surface area contributed by atoms with E-state index in [4.69, 9.17) is 9.47 Å². The molecule has 1 saturated heterocycles. The van der Waals surface area contributed by atoms with Crippen LogP contribution >= 0.6 is 22.6 Å². The monoisotopic (exact) mass is 886 g/mol. The number of amides is 4. The van der Waals surface area contributed by atoms with Crippen LogP contribution in [0.1, 0.15) is 103 Å². The maximum Gasteiger partial charge on any atom is 0.415 e. The lowest BCUT2D eigenvalue weighted by molar-refractivity contribution is -0.142. The summed E-state index contributed by atoms with van der Waals surface area (Å²) in [5, 5.41) is 18.7. The summed E-state index contributed by atoms with van der Waals surface area (Å²) in [6.45, 7) is 4.49. The summed E-state index contributed by atoms with van der Waals surface area (Å²) in [6.07, 6.45) is 13.2. The van der Waals surface area contributed by atoms with Crippen molar-refractivity contribution in [2.75, 3.05) is 19.7 Å². The summed E-state index contributed by atoms with van der Waals surface area (Å²) in [5.41, 5.74) is 0.615. The Kier molecular flexibility index (Phi) is 16.7. The van der Waals surface area contributed by atoms with Crippen molar-refractivity contribution in [1.82, 2.24) is 20.9 Å². The molecule has 0 bridgehead atoms. The Hall–Kier alpha value is -3.88. The van der Waals surface area contributed by atoms with Gasteiger partial charge >= 0.3 is 12.1 Å². The van der Waals surface area contributed by atoms with Crippen LogP contribution in [0.2, 0.25) is 0 Å². The number of para-hydroxylation sites is 1. The average Bonchev–Trinajstić information content (AvgIpc) is 3.18. The van der Waals surface area contributed by atoms with E-state index in [-0.39, 0.29) is 36.8 Å². The van der Waals surface area contributed by atoms with Crippen molar-refractivity contribution in [3.63, 3.8) is 0 Å². The van der Waals surface area contributed by atoms with Crippen molar-refractivity contribution in [3.8, 4) is 11.5 Å². The van der Waals surface area contributed by atoms with Crippen molar-refractivity contribution in [2.45, 2.75) is 122 Å². The van der Waals surface area contributed by atoms with Crippen molar-refractivity contribution in [2.24, 2.45) is 23.7 Å². The van der Waals surface area contributed by atoms with Gasteiger partial charge in [-0.25, -0.2) is 9.59 Å². The molecule has 4 N–H and O–H groups in total. The summed E-state index contributed by atoms with van der Waals surface area (Å²) in [4.78, 5) is 66.7. The molecule has 2 aromatic carbocycles. The first-order valence-electron chi connectivity index (χ1n) is 20.5. The molecule has 0 radical (unpaired) electrons. The van der Waals surface area contributed by atoms with Gasteiger partial charge in [0.15, 0.2) is 6.61 Å². The second kappa shape index (κ2) is 21.6. The molecule has 1 heterocycles. The standard InChI is InChI=1S/C43H59IN4O8/c1-28(2)25-35(46-38(49)27-55-37-16-10-9-15-34(37)44)40(50)47-36(42(52)53)26-29-17-19-33(20-18-29)56-43(54)48-23-21-32(22-24-48)45-41(51)39(30-11-5-3-6-12-30)31-13-7-4-8-14-31/h9-10,15-20,28,30-32,35-36,39H,3-8,11-14,21-27H2,1-2H3,(H,45,51)(H,46,49)(H,47,50)(H,52,53)/t35-,36-/m0/s1. The Labute approximate surface area is 344 Å². The Morgan fingerprint density at radius 3 is 1.96 bits per heavy atom. The maximum absolute atomic E-state index is 13.7. The minimum Gasteiger partial charge on any atom is -0.483 e. The fourth-order valence-electron chi connectivity index (χ4n) is 8.51. The van der Waals surface area contributed by atoms with Gasteiger partial charge in [-0.05, 0) is 115 Å². The van der Waals surface area contributed by atoms with Crippen LogP contribution in [0.4, 0.5) is 4.79 Å². The number of hydrogen-bond acceptors (Lipinski definition) is 7. The number of rotatable bonds is 16. The van der Waals surface area contributed by atoms with Gasteiger partial charge in [0, 0.05) is 31.5 Å². The number of likely N-dealkylation sites (tertiary alicyclic amines) is 1. The van der Waals surface area contributed by atoms with Crippen LogP contribution in [-0.4, -0.2) is 77.6 Å². The molecule has 0 unspecified atom stereocenters. The summed E-state index contributed by atoms with van der Waals surface area (Å²) >= 11 is 2.11. The van der Waals surface area contributed by atoms with Crippen molar-refractivity contribution >= 4 is 52.4 Å². The summed E-state index contributed by atoms with van der Waals surface area (Å²) in [5.74, 6) is -0.107. The van der Waals surface area contributed by atoms with E-state index in [0.29, 0.717) is 61.3 Å². The zero-order valence-corrected chi connectivity index (χ0v) is 35.0. The van der Waals surface area contributed by atoms with Crippen molar-refractivity contribution < 1.29 is 38.6 Å². The van der Waals surface area contributed by atoms with Gasteiger partial charge in [-0.1, -0.05) is 76.6 Å². The number of carboxylic acids is 1. The quantitative estimate of drug-likeness (QED) is 0.133. The molecule has 4 amide bonds.